The lowest BCUT2D eigenvalue weighted by molar-refractivity contribution is -0.384. The molecule has 0 aliphatic rings. The molecule has 0 fully saturated rings. The van der Waals surface area contributed by atoms with Crippen LogP contribution in [0.2, 0.25) is 0 Å². The Hall–Kier alpha value is -3.72. The second kappa shape index (κ2) is 9.40. The van der Waals surface area contributed by atoms with Crippen molar-refractivity contribution in [3.63, 3.8) is 0 Å². The molecule has 0 N–H and O–H groups in total. The second-order valence-corrected chi connectivity index (χ2v) is 7.60. The summed E-state index contributed by atoms with van der Waals surface area (Å²) < 4.78 is 9.67. The van der Waals surface area contributed by atoms with Crippen molar-refractivity contribution in [1.29, 1.82) is 0 Å². The second-order valence-electron chi connectivity index (χ2n) is 6.77. The van der Waals surface area contributed by atoms with Gasteiger partial charge in [-0.25, -0.2) is 9.98 Å². The van der Waals surface area contributed by atoms with Gasteiger partial charge in [-0.1, -0.05) is 24.3 Å². The van der Waals surface area contributed by atoms with Crippen LogP contribution >= 0.6 is 11.3 Å². The third-order valence-corrected chi connectivity index (χ3v) is 5.70. The molecule has 2 heterocycles. The van der Waals surface area contributed by atoms with Gasteiger partial charge in [-0.2, -0.15) is 0 Å². The molecule has 0 aliphatic carbocycles. The highest BCUT2D eigenvalue weighted by Crippen LogP contribution is 2.31. The highest BCUT2D eigenvalue weighted by Gasteiger charge is 2.15. The van der Waals surface area contributed by atoms with Gasteiger partial charge in [0.05, 0.1) is 24.1 Å². The van der Waals surface area contributed by atoms with Crippen LogP contribution in [0.5, 0.6) is 5.75 Å². The number of para-hydroxylation sites is 3. The van der Waals surface area contributed by atoms with Crippen LogP contribution in [0.15, 0.2) is 77.6 Å². The van der Waals surface area contributed by atoms with E-state index in [9.17, 15) is 10.1 Å². The molecular weight excluding hydrogens is 414 g/mol. The number of methoxy groups -OCH3 is 1. The topological polar surface area (TPSA) is 87.5 Å². The molecule has 0 bridgehead atoms. The Bertz CT molecular complexity index is 1240. The Morgan fingerprint density at radius 3 is 2.74 bits per heavy atom. The molecule has 4 aromatic rings. The average Bonchev–Trinajstić information content (AvgIpc) is 3.44. The first-order chi connectivity index (χ1) is 15.2. The summed E-state index contributed by atoms with van der Waals surface area (Å²) in [5.41, 5.74) is 2.24. The fourth-order valence-electron chi connectivity index (χ4n) is 3.35. The minimum Gasteiger partial charge on any atom is -0.496 e. The maximum atomic E-state index is 11.4. The van der Waals surface area contributed by atoms with Crippen LogP contribution in [-0.4, -0.2) is 26.2 Å². The number of aryl methyl sites for hydroxylation is 1. The molecule has 4 rings (SSSR count). The largest absolute Gasteiger partial charge is 0.496 e. The van der Waals surface area contributed by atoms with E-state index in [1.54, 1.807) is 37.8 Å². The van der Waals surface area contributed by atoms with Crippen molar-refractivity contribution in [1.82, 2.24) is 14.1 Å². The summed E-state index contributed by atoms with van der Waals surface area (Å²) in [7, 11) is 1.65. The van der Waals surface area contributed by atoms with E-state index in [4.69, 9.17) is 4.74 Å². The molecule has 0 saturated carbocycles. The Labute approximate surface area is 182 Å². The molecule has 0 saturated heterocycles. The molecule has 0 unspecified atom stereocenters. The lowest BCUT2D eigenvalue weighted by atomic mass is 10.1. The molecule has 158 valence electrons. The van der Waals surface area contributed by atoms with E-state index in [0.29, 0.717) is 17.0 Å². The zero-order chi connectivity index (χ0) is 21.6. The summed E-state index contributed by atoms with van der Waals surface area (Å²) in [4.78, 5) is 20.5. The number of nitro benzene ring substituents is 1. The van der Waals surface area contributed by atoms with Crippen LogP contribution in [0, 0.1) is 10.1 Å². The lowest BCUT2D eigenvalue weighted by Gasteiger charge is -2.12. The van der Waals surface area contributed by atoms with Gasteiger partial charge < -0.3 is 13.9 Å². The number of nitrogens with zero attached hydrogens (tertiary/aromatic N) is 5. The molecular formula is C22H21N5O3S. The van der Waals surface area contributed by atoms with E-state index in [1.807, 2.05) is 40.4 Å². The third kappa shape index (κ3) is 4.56. The molecule has 0 radical (unpaired) electrons. The fourth-order valence-corrected chi connectivity index (χ4v) is 4.29. The van der Waals surface area contributed by atoms with Crippen molar-refractivity contribution < 1.29 is 9.66 Å². The van der Waals surface area contributed by atoms with Gasteiger partial charge in [0.2, 0.25) is 0 Å². The van der Waals surface area contributed by atoms with Crippen molar-refractivity contribution in [2.45, 2.75) is 19.5 Å². The number of aromatic nitrogens is 3. The summed E-state index contributed by atoms with van der Waals surface area (Å²) >= 11 is 1.45. The minimum absolute atomic E-state index is 0.0142. The number of hydrogen-bond acceptors (Lipinski definition) is 6. The van der Waals surface area contributed by atoms with E-state index in [-0.39, 0.29) is 5.69 Å². The smallest absolute Gasteiger partial charge is 0.294 e. The van der Waals surface area contributed by atoms with E-state index in [2.05, 4.69) is 14.5 Å². The number of hydrogen-bond donors (Lipinski definition) is 0. The van der Waals surface area contributed by atoms with Crippen molar-refractivity contribution in [2.24, 2.45) is 4.99 Å². The Kier molecular flexibility index (Phi) is 6.23. The van der Waals surface area contributed by atoms with Crippen molar-refractivity contribution >= 4 is 22.7 Å². The first kappa shape index (κ1) is 20.5. The zero-order valence-electron chi connectivity index (χ0n) is 16.9. The van der Waals surface area contributed by atoms with E-state index in [0.717, 1.165) is 30.0 Å². The van der Waals surface area contributed by atoms with Gasteiger partial charge in [-0.15, -0.1) is 11.3 Å². The number of benzene rings is 2. The number of ether oxygens (including phenoxy) is 1. The maximum Gasteiger partial charge on any atom is 0.294 e. The lowest BCUT2D eigenvalue weighted by Crippen LogP contribution is -2.17. The van der Waals surface area contributed by atoms with Crippen molar-refractivity contribution in [2.75, 3.05) is 7.11 Å². The molecule has 0 spiro atoms. The predicted molar refractivity (Wildman–Crippen MR) is 119 cm³/mol. The fraction of sp³-hybridized carbons (Fsp3) is 0.182. The van der Waals surface area contributed by atoms with Gasteiger partial charge in [0, 0.05) is 42.5 Å². The summed E-state index contributed by atoms with van der Waals surface area (Å²) in [5, 5.41) is 13.4. The van der Waals surface area contributed by atoms with E-state index < -0.39 is 4.92 Å². The molecule has 9 heteroatoms. The van der Waals surface area contributed by atoms with Crippen LogP contribution < -0.4 is 9.54 Å². The van der Waals surface area contributed by atoms with Crippen LogP contribution in [0.4, 0.5) is 11.4 Å². The molecule has 31 heavy (non-hydrogen) atoms. The minimum atomic E-state index is -0.406. The first-order valence-corrected chi connectivity index (χ1v) is 10.6. The third-order valence-electron chi connectivity index (χ3n) is 4.83. The average molecular weight is 436 g/mol. The number of imidazole rings is 1. The molecule has 0 atom stereocenters. The van der Waals surface area contributed by atoms with Gasteiger partial charge in [-0.05, 0) is 24.6 Å². The molecule has 0 amide bonds. The van der Waals surface area contributed by atoms with Crippen LogP contribution in [0.3, 0.4) is 0 Å². The summed E-state index contributed by atoms with van der Waals surface area (Å²) in [5.74, 6) is 0.765. The molecule has 2 aromatic heterocycles. The van der Waals surface area contributed by atoms with Crippen LogP contribution in [0.25, 0.3) is 11.3 Å². The van der Waals surface area contributed by atoms with Crippen molar-refractivity contribution in [3.05, 3.63) is 87.5 Å². The number of rotatable bonds is 8. The van der Waals surface area contributed by atoms with Crippen molar-refractivity contribution in [3.8, 4) is 17.0 Å². The Morgan fingerprint density at radius 2 is 1.97 bits per heavy atom. The highest BCUT2D eigenvalue weighted by molar-refractivity contribution is 7.07. The predicted octanol–water partition coefficient (Wildman–Crippen LogP) is 4.65. The SMILES string of the molecule is COc1ccccc1-c1csc(=Nc2ccccc2[N+](=O)[O-])n1CCCn1ccnc1. The van der Waals surface area contributed by atoms with Crippen LogP contribution in [-0.2, 0) is 13.1 Å². The first-order valence-electron chi connectivity index (χ1n) is 9.73. The normalized spacial score (nSPS) is 11.6. The summed E-state index contributed by atoms with van der Waals surface area (Å²) in [6, 6.07) is 14.3. The monoisotopic (exact) mass is 435 g/mol. The van der Waals surface area contributed by atoms with E-state index in [1.165, 1.54) is 17.4 Å². The zero-order valence-corrected chi connectivity index (χ0v) is 17.7. The molecule has 2 aromatic carbocycles. The van der Waals surface area contributed by atoms with Gasteiger partial charge in [0.15, 0.2) is 4.80 Å². The quantitative estimate of drug-likeness (QED) is 0.298. The standard InChI is InChI=1S/C22H21N5O3S/c1-30-21-10-5-2-7-17(21)20-15-31-22(24-18-8-3-4-9-19(18)27(28)29)26(20)13-6-12-25-14-11-23-16-25/h2-5,7-11,14-16H,6,12-13H2,1H3. The van der Waals surface area contributed by atoms with Crippen LogP contribution in [0.1, 0.15) is 6.42 Å². The Balaban J connectivity index is 1.78. The van der Waals surface area contributed by atoms with Gasteiger partial charge in [-0.3, -0.25) is 10.1 Å². The Morgan fingerprint density at radius 1 is 1.16 bits per heavy atom. The van der Waals surface area contributed by atoms with Gasteiger partial charge in [0.25, 0.3) is 5.69 Å². The number of nitro groups is 1. The highest BCUT2D eigenvalue weighted by atomic mass is 32.1. The molecule has 8 nitrogen and oxygen atoms in total. The number of thiazole rings is 1. The van der Waals surface area contributed by atoms with Gasteiger partial charge >= 0.3 is 0 Å². The summed E-state index contributed by atoms with van der Waals surface area (Å²) in [6.07, 6.45) is 6.32. The van der Waals surface area contributed by atoms with Gasteiger partial charge in [0.1, 0.15) is 11.4 Å². The van der Waals surface area contributed by atoms with E-state index >= 15 is 0 Å². The molecule has 0 aliphatic heterocycles. The maximum absolute atomic E-state index is 11.4. The summed E-state index contributed by atoms with van der Waals surface area (Å²) in [6.45, 7) is 1.49.